The van der Waals surface area contributed by atoms with Crippen LogP contribution in [0.15, 0.2) is 58.3 Å². The normalized spacial score (nSPS) is 11.8. The van der Waals surface area contributed by atoms with E-state index in [0.717, 1.165) is 15.5 Å². The van der Waals surface area contributed by atoms with Crippen molar-refractivity contribution in [1.82, 2.24) is 0 Å². The summed E-state index contributed by atoms with van der Waals surface area (Å²) in [6, 6.07) is 14.5. The fraction of sp³-hybridized carbons (Fsp3) is 0.176. The number of nitrogens with two attached hydrogens (primary N) is 1. The minimum absolute atomic E-state index is 0.0609. The largest absolute Gasteiger partial charge is 0.325 e. The van der Waals surface area contributed by atoms with Crippen LogP contribution in [-0.4, -0.2) is 17.7 Å². The van der Waals surface area contributed by atoms with E-state index in [1.807, 2.05) is 48.5 Å². The van der Waals surface area contributed by atoms with Gasteiger partial charge in [-0.25, -0.2) is 0 Å². The van der Waals surface area contributed by atoms with E-state index in [4.69, 9.17) is 5.73 Å². The van der Waals surface area contributed by atoms with Crippen molar-refractivity contribution in [1.29, 1.82) is 0 Å². The highest BCUT2D eigenvalue weighted by atomic mass is 32.2. The maximum atomic E-state index is 11.5. The molecule has 4 nitrogen and oxygen atoms in total. The fourth-order valence-corrected chi connectivity index (χ4v) is 2.57. The van der Waals surface area contributed by atoms with Gasteiger partial charge in [-0.05, 0) is 50.2 Å². The highest BCUT2D eigenvalue weighted by molar-refractivity contribution is 7.99. The van der Waals surface area contributed by atoms with Crippen molar-refractivity contribution in [3.63, 3.8) is 0 Å². The van der Waals surface area contributed by atoms with Crippen molar-refractivity contribution in [2.75, 3.05) is 5.32 Å². The molecule has 0 radical (unpaired) electrons. The van der Waals surface area contributed by atoms with E-state index in [1.165, 1.54) is 0 Å². The molecule has 5 heteroatoms. The number of hydrogen-bond donors (Lipinski definition) is 2. The third-order valence-corrected chi connectivity index (χ3v) is 4.05. The molecule has 0 aliphatic heterocycles. The van der Waals surface area contributed by atoms with Crippen LogP contribution in [0.5, 0.6) is 0 Å². The maximum Gasteiger partial charge on any atom is 0.240 e. The fourth-order valence-electron chi connectivity index (χ4n) is 1.76. The quantitative estimate of drug-likeness (QED) is 0.830. The molecular weight excluding hydrogens is 296 g/mol. The monoisotopic (exact) mass is 314 g/mol. The summed E-state index contributed by atoms with van der Waals surface area (Å²) in [6.07, 6.45) is 0. The Morgan fingerprint density at radius 2 is 1.50 bits per heavy atom. The van der Waals surface area contributed by atoms with Crippen LogP contribution in [0.25, 0.3) is 0 Å². The van der Waals surface area contributed by atoms with Crippen molar-refractivity contribution in [2.24, 2.45) is 5.73 Å². The lowest BCUT2D eigenvalue weighted by Gasteiger charge is -2.08. The zero-order valence-corrected chi connectivity index (χ0v) is 13.3. The van der Waals surface area contributed by atoms with E-state index in [-0.39, 0.29) is 11.7 Å². The second-order valence-electron chi connectivity index (χ2n) is 4.98. The van der Waals surface area contributed by atoms with Gasteiger partial charge in [-0.3, -0.25) is 9.59 Å². The number of ketones is 1. The molecule has 0 bridgehead atoms. The molecule has 0 aromatic heterocycles. The van der Waals surface area contributed by atoms with Gasteiger partial charge in [0.1, 0.15) is 0 Å². The summed E-state index contributed by atoms with van der Waals surface area (Å²) in [7, 11) is 0. The van der Waals surface area contributed by atoms with E-state index in [9.17, 15) is 9.59 Å². The molecule has 2 rings (SSSR count). The summed E-state index contributed by atoms with van der Waals surface area (Å²) < 4.78 is 0. The first-order valence-corrected chi connectivity index (χ1v) is 7.73. The number of benzene rings is 2. The lowest BCUT2D eigenvalue weighted by molar-refractivity contribution is -0.117. The highest BCUT2D eigenvalue weighted by Crippen LogP contribution is 2.28. The summed E-state index contributed by atoms with van der Waals surface area (Å²) >= 11 is 1.59. The van der Waals surface area contributed by atoms with E-state index in [1.54, 1.807) is 25.6 Å². The van der Waals surface area contributed by atoms with Gasteiger partial charge in [-0.1, -0.05) is 23.9 Å². The van der Waals surface area contributed by atoms with Gasteiger partial charge in [0.25, 0.3) is 0 Å². The number of carbonyl (C=O) groups excluding carboxylic acids is 2. The zero-order chi connectivity index (χ0) is 16.1. The Morgan fingerprint density at radius 3 is 1.95 bits per heavy atom. The van der Waals surface area contributed by atoms with Crippen LogP contribution in [0.1, 0.15) is 24.2 Å². The topological polar surface area (TPSA) is 72.2 Å². The SMILES string of the molecule is CC(=O)c1ccc(Sc2ccc(NC(=O)C(C)N)cc2)cc1. The Morgan fingerprint density at radius 1 is 1.00 bits per heavy atom. The van der Waals surface area contributed by atoms with Crippen LogP contribution < -0.4 is 11.1 Å². The minimum atomic E-state index is -0.533. The summed E-state index contributed by atoms with van der Waals surface area (Å²) in [6.45, 7) is 3.20. The van der Waals surface area contributed by atoms with Crippen LogP contribution in [0.3, 0.4) is 0 Å². The first-order chi connectivity index (χ1) is 10.5. The molecule has 1 atom stereocenters. The molecule has 1 amide bonds. The molecule has 1 unspecified atom stereocenters. The van der Waals surface area contributed by atoms with Crippen LogP contribution in [0, 0.1) is 0 Å². The van der Waals surface area contributed by atoms with Gasteiger partial charge in [0.05, 0.1) is 6.04 Å². The first kappa shape index (κ1) is 16.3. The van der Waals surface area contributed by atoms with E-state index in [0.29, 0.717) is 5.56 Å². The van der Waals surface area contributed by atoms with Gasteiger partial charge < -0.3 is 11.1 Å². The molecule has 0 saturated carbocycles. The molecular formula is C17H18N2O2S. The van der Waals surface area contributed by atoms with E-state index < -0.39 is 6.04 Å². The summed E-state index contributed by atoms with van der Waals surface area (Å²) in [4.78, 5) is 24.8. The van der Waals surface area contributed by atoms with Crippen LogP contribution in [0.4, 0.5) is 5.69 Å². The van der Waals surface area contributed by atoms with Gasteiger partial charge in [0, 0.05) is 21.0 Å². The molecule has 0 aliphatic rings. The summed E-state index contributed by atoms with van der Waals surface area (Å²) in [5.74, 6) is -0.147. The highest BCUT2D eigenvalue weighted by Gasteiger charge is 2.07. The summed E-state index contributed by atoms with van der Waals surface area (Å²) in [5, 5.41) is 2.74. The predicted molar refractivity (Wildman–Crippen MR) is 89.3 cm³/mol. The third-order valence-electron chi connectivity index (χ3n) is 3.03. The molecule has 22 heavy (non-hydrogen) atoms. The Bertz CT molecular complexity index is 664. The van der Waals surface area contributed by atoms with Gasteiger partial charge in [0.15, 0.2) is 5.78 Å². The maximum absolute atomic E-state index is 11.5. The van der Waals surface area contributed by atoms with Gasteiger partial charge >= 0.3 is 0 Å². The van der Waals surface area contributed by atoms with Crippen molar-refractivity contribution in [3.8, 4) is 0 Å². The van der Waals surface area contributed by atoms with Gasteiger partial charge in [0.2, 0.25) is 5.91 Å². The minimum Gasteiger partial charge on any atom is -0.325 e. The lowest BCUT2D eigenvalue weighted by atomic mass is 10.2. The van der Waals surface area contributed by atoms with Crippen LogP contribution in [0.2, 0.25) is 0 Å². The number of amides is 1. The number of Topliss-reactive ketones (excluding diaryl/α,β-unsaturated/α-hetero) is 1. The number of nitrogens with one attached hydrogen (secondary N) is 1. The standard InChI is InChI=1S/C17H18N2O2S/c1-11(18)17(21)19-14-5-9-16(10-6-14)22-15-7-3-13(4-8-15)12(2)20/h3-11H,18H2,1-2H3,(H,19,21). The molecule has 2 aromatic carbocycles. The number of rotatable bonds is 5. The molecule has 0 spiro atoms. The molecule has 0 saturated heterocycles. The zero-order valence-electron chi connectivity index (χ0n) is 12.5. The van der Waals surface area contributed by atoms with E-state index >= 15 is 0 Å². The molecule has 0 heterocycles. The molecule has 0 aliphatic carbocycles. The lowest BCUT2D eigenvalue weighted by Crippen LogP contribution is -2.32. The second kappa shape index (κ2) is 7.24. The average Bonchev–Trinajstić information content (AvgIpc) is 2.49. The van der Waals surface area contributed by atoms with Crippen molar-refractivity contribution < 1.29 is 9.59 Å². The van der Waals surface area contributed by atoms with Crippen LogP contribution >= 0.6 is 11.8 Å². The summed E-state index contributed by atoms with van der Waals surface area (Å²) in [5.41, 5.74) is 6.94. The predicted octanol–water partition coefficient (Wildman–Crippen LogP) is 3.33. The van der Waals surface area contributed by atoms with Crippen molar-refractivity contribution in [2.45, 2.75) is 29.7 Å². The van der Waals surface area contributed by atoms with Crippen molar-refractivity contribution >= 4 is 29.1 Å². The van der Waals surface area contributed by atoms with Gasteiger partial charge in [-0.2, -0.15) is 0 Å². The molecule has 2 aromatic rings. The van der Waals surface area contributed by atoms with Crippen LogP contribution in [-0.2, 0) is 4.79 Å². The van der Waals surface area contributed by atoms with Crippen molar-refractivity contribution in [3.05, 3.63) is 54.1 Å². The van der Waals surface area contributed by atoms with E-state index in [2.05, 4.69) is 5.32 Å². The molecule has 0 fully saturated rings. The number of anilines is 1. The second-order valence-corrected chi connectivity index (χ2v) is 6.13. The Labute approximate surface area is 134 Å². The number of carbonyl (C=O) groups is 2. The number of hydrogen-bond acceptors (Lipinski definition) is 4. The Kier molecular flexibility index (Phi) is 5.35. The Balaban J connectivity index is 2.01. The molecule has 3 N–H and O–H groups in total. The first-order valence-electron chi connectivity index (χ1n) is 6.91. The Hall–Kier alpha value is -2.11. The third kappa shape index (κ3) is 4.44. The molecule has 114 valence electrons. The average molecular weight is 314 g/mol. The van der Waals surface area contributed by atoms with Gasteiger partial charge in [-0.15, -0.1) is 0 Å². The smallest absolute Gasteiger partial charge is 0.240 e.